The van der Waals surface area contributed by atoms with Gasteiger partial charge in [0, 0.05) is 37.9 Å². The zero-order valence-corrected chi connectivity index (χ0v) is 16.4. The van der Waals surface area contributed by atoms with Crippen molar-refractivity contribution in [3.63, 3.8) is 0 Å². The van der Waals surface area contributed by atoms with Crippen molar-refractivity contribution in [1.82, 2.24) is 19.2 Å². The molecule has 0 spiro atoms. The summed E-state index contributed by atoms with van der Waals surface area (Å²) in [5.41, 5.74) is 4.75. The van der Waals surface area contributed by atoms with Crippen molar-refractivity contribution in [3.05, 3.63) is 58.9 Å². The van der Waals surface area contributed by atoms with Gasteiger partial charge in [0.2, 0.25) is 5.91 Å². The predicted molar refractivity (Wildman–Crippen MR) is 108 cm³/mol. The van der Waals surface area contributed by atoms with E-state index in [1.807, 2.05) is 27.6 Å². The molecule has 0 saturated carbocycles. The lowest BCUT2D eigenvalue weighted by Crippen LogP contribution is -2.47. The Morgan fingerprint density at radius 3 is 2.48 bits per heavy atom. The van der Waals surface area contributed by atoms with Crippen LogP contribution in [-0.4, -0.2) is 58.3 Å². The molecule has 3 aromatic rings. The maximum absolute atomic E-state index is 13.0. The van der Waals surface area contributed by atoms with Gasteiger partial charge < -0.3 is 14.2 Å². The largest absolute Gasteiger partial charge is 0.340 e. The molecule has 3 heterocycles. The van der Waals surface area contributed by atoms with Gasteiger partial charge in [0.15, 0.2) is 0 Å². The molecule has 140 valence electrons. The number of benzene rings is 1. The molecule has 6 heteroatoms. The lowest BCUT2D eigenvalue weighted by molar-refractivity contribution is -0.132. The molecule has 1 aliphatic heterocycles. The van der Waals surface area contributed by atoms with Crippen LogP contribution in [0.2, 0.25) is 5.02 Å². The zero-order valence-electron chi connectivity index (χ0n) is 15.7. The van der Waals surface area contributed by atoms with Gasteiger partial charge in [-0.2, -0.15) is 0 Å². The van der Waals surface area contributed by atoms with Crippen LogP contribution in [-0.2, 0) is 11.2 Å². The van der Waals surface area contributed by atoms with Gasteiger partial charge in [0.25, 0.3) is 0 Å². The molecule has 1 saturated heterocycles. The van der Waals surface area contributed by atoms with Crippen LogP contribution in [0.3, 0.4) is 0 Å². The van der Waals surface area contributed by atoms with Crippen LogP contribution >= 0.6 is 11.6 Å². The first-order chi connectivity index (χ1) is 13.0. The van der Waals surface area contributed by atoms with Crippen molar-refractivity contribution in [1.29, 1.82) is 0 Å². The average molecular weight is 383 g/mol. The minimum Gasteiger partial charge on any atom is -0.340 e. The van der Waals surface area contributed by atoms with E-state index < -0.39 is 0 Å². The lowest BCUT2D eigenvalue weighted by atomic mass is 10.1. The standard InChI is InChI=1S/C21H23ClN4O/c1-15-3-5-16(6-4-15)21-18(26-14-17(22)7-8-19(26)23-21)13-20(27)25-11-9-24(2)10-12-25/h3-8,14H,9-13H2,1-2H3. The van der Waals surface area contributed by atoms with Crippen molar-refractivity contribution in [2.45, 2.75) is 13.3 Å². The van der Waals surface area contributed by atoms with Gasteiger partial charge in [-0.25, -0.2) is 4.98 Å². The van der Waals surface area contributed by atoms with Crippen LogP contribution < -0.4 is 0 Å². The van der Waals surface area contributed by atoms with Crippen LogP contribution in [0.4, 0.5) is 0 Å². The van der Waals surface area contributed by atoms with E-state index in [0.29, 0.717) is 11.4 Å². The number of aryl methyl sites for hydroxylation is 1. The summed E-state index contributed by atoms with van der Waals surface area (Å²) in [6, 6.07) is 12.0. The van der Waals surface area contributed by atoms with Gasteiger partial charge in [-0.3, -0.25) is 4.79 Å². The van der Waals surface area contributed by atoms with Gasteiger partial charge in [-0.05, 0) is 26.1 Å². The molecular formula is C21H23ClN4O. The average Bonchev–Trinajstić information content (AvgIpc) is 3.00. The molecule has 5 nitrogen and oxygen atoms in total. The zero-order chi connectivity index (χ0) is 19.0. The predicted octanol–water partition coefficient (Wildman–Crippen LogP) is 3.28. The molecule has 4 rings (SSSR count). The normalized spacial score (nSPS) is 15.4. The van der Waals surface area contributed by atoms with Crippen LogP contribution in [0.25, 0.3) is 16.9 Å². The van der Waals surface area contributed by atoms with E-state index in [2.05, 4.69) is 43.1 Å². The monoisotopic (exact) mass is 382 g/mol. The summed E-state index contributed by atoms with van der Waals surface area (Å²) in [5.74, 6) is 0.137. The van der Waals surface area contributed by atoms with E-state index in [1.54, 1.807) is 0 Å². The molecule has 1 fully saturated rings. The number of carbonyl (C=O) groups excluding carboxylic acids is 1. The first-order valence-corrected chi connectivity index (χ1v) is 9.59. The van der Waals surface area contributed by atoms with Crippen LogP contribution in [0.15, 0.2) is 42.6 Å². The van der Waals surface area contributed by atoms with Crippen molar-refractivity contribution in [3.8, 4) is 11.3 Å². The Hall–Kier alpha value is -2.37. The van der Waals surface area contributed by atoms with Crippen LogP contribution in [0, 0.1) is 6.92 Å². The summed E-state index contributed by atoms with van der Waals surface area (Å²) < 4.78 is 1.95. The van der Waals surface area contributed by atoms with Gasteiger partial charge in [0.05, 0.1) is 22.8 Å². The molecule has 0 atom stereocenters. The van der Waals surface area contributed by atoms with Crippen molar-refractivity contribution in [2.24, 2.45) is 0 Å². The fourth-order valence-corrected chi connectivity index (χ4v) is 3.65. The summed E-state index contributed by atoms with van der Waals surface area (Å²) >= 11 is 6.22. The highest BCUT2D eigenvalue weighted by atomic mass is 35.5. The Labute approximate surface area is 164 Å². The fourth-order valence-electron chi connectivity index (χ4n) is 3.49. The smallest absolute Gasteiger partial charge is 0.228 e. The van der Waals surface area contributed by atoms with Gasteiger partial charge in [0.1, 0.15) is 5.65 Å². The van der Waals surface area contributed by atoms with Gasteiger partial charge in [-0.1, -0.05) is 41.4 Å². The number of carbonyl (C=O) groups is 1. The lowest BCUT2D eigenvalue weighted by Gasteiger charge is -2.32. The molecule has 0 N–H and O–H groups in total. The van der Waals surface area contributed by atoms with E-state index in [0.717, 1.165) is 48.8 Å². The number of imidazole rings is 1. The van der Waals surface area contributed by atoms with E-state index in [1.165, 1.54) is 5.56 Å². The second kappa shape index (κ2) is 7.33. The van der Waals surface area contributed by atoms with Gasteiger partial charge in [-0.15, -0.1) is 0 Å². The minimum atomic E-state index is 0.137. The third-order valence-electron chi connectivity index (χ3n) is 5.18. The summed E-state index contributed by atoms with van der Waals surface area (Å²) in [4.78, 5) is 22.0. The maximum atomic E-state index is 13.0. The summed E-state index contributed by atoms with van der Waals surface area (Å²) in [6.07, 6.45) is 2.16. The molecule has 0 aliphatic carbocycles. The number of likely N-dealkylation sites (N-methyl/N-ethyl adjacent to an activating group) is 1. The topological polar surface area (TPSA) is 40.9 Å². The minimum absolute atomic E-state index is 0.137. The highest BCUT2D eigenvalue weighted by Crippen LogP contribution is 2.27. The number of fused-ring (bicyclic) bond motifs is 1. The Morgan fingerprint density at radius 1 is 1.07 bits per heavy atom. The van der Waals surface area contributed by atoms with Crippen molar-refractivity contribution < 1.29 is 4.79 Å². The third-order valence-corrected chi connectivity index (χ3v) is 5.40. The SMILES string of the molecule is Cc1ccc(-c2nc3ccc(Cl)cn3c2CC(=O)N2CCN(C)CC2)cc1. The molecule has 0 unspecified atom stereocenters. The van der Waals surface area contributed by atoms with Crippen molar-refractivity contribution >= 4 is 23.2 Å². The number of amides is 1. The van der Waals surface area contributed by atoms with Crippen molar-refractivity contribution in [2.75, 3.05) is 33.2 Å². The molecule has 0 radical (unpaired) electrons. The van der Waals surface area contributed by atoms with E-state index in [4.69, 9.17) is 16.6 Å². The summed E-state index contributed by atoms with van der Waals surface area (Å²) in [5, 5.41) is 0.628. The van der Waals surface area contributed by atoms with E-state index in [-0.39, 0.29) is 5.91 Å². The highest BCUT2D eigenvalue weighted by Gasteiger charge is 2.23. The molecule has 1 aliphatic rings. The van der Waals surface area contributed by atoms with Crippen LogP contribution in [0.1, 0.15) is 11.3 Å². The number of aromatic nitrogens is 2. The molecule has 0 bridgehead atoms. The number of rotatable bonds is 3. The van der Waals surface area contributed by atoms with E-state index >= 15 is 0 Å². The molecule has 2 aromatic heterocycles. The highest BCUT2D eigenvalue weighted by molar-refractivity contribution is 6.30. The fraction of sp³-hybridized carbons (Fsp3) is 0.333. The maximum Gasteiger partial charge on any atom is 0.228 e. The molecular weight excluding hydrogens is 360 g/mol. The second-order valence-electron chi connectivity index (χ2n) is 7.21. The quantitative estimate of drug-likeness (QED) is 0.698. The van der Waals surface area contributed by atoms with Gasteiger partial charge >= 0.3 is 0 Å². The number of nitrogens with zero attached hydrogens (tertiary/aromatic N) is 4. The third kappa shape index (κ3) is 3.70. The Balaban J connectivity index is 1.73. The summed E-state index contributed by atoms with van der Waals surface area (Å²) in [7, 11) is 2.09. The number of piperazine rings is 1. The number of hydrogen-bond acceptors (Lipinski definition) is 3. The second-order valence-corrected chi connectivity index (χ2v) is 7.65. The number of hydrogen-bond donors (Lipinski definition) is 0. The Kier molecular flexibility index (Phi) is 4.89. The Morgan fingerprint density at radius 2 is 1.78 bits per heavy atom. The molecule has 27 heavy (non-hydrogen) atoms. The number of pyridine rings is 1. The molecule has 1 amide bonds. The van der Waals surface area contributed by atoms with Crippen LogP contribution in [0.5, 0.6) is 0 Å². The Bertz CT molecular complexity index is 972. The first kappa shape index (κ1) is 18.0. The molecule has 1 aromatic carbocycles. The first-order valence-electron chi connectivity index (χ1n) is 9.21. The number of halogens is 1. The summed E-state index contributed by atoms with van der Waals surface area (Å²) in [6.45, 7) is 5.43. The van der Waals surface area contributed by atoms with E-state index in [9.17, 15) is 4.79 Å².